The quantitative estimate of drug-likeness (QED) is 0.707. The highest BCUT2D eigenvalue weighted by atomic mass is 16.5. The van der Waals surface area contributed by atoms with Gasteiger partial charge in [-0.3, -0.25) is 9.59 Å². The maximum Gasteiger partial charge on any atom is 0.302 e. The van der Waals surface area contributed by atoms with Crippen LogP contribution in [0.2, 0.25) is 0 Å². The molecule has 0 aromatic rings. The van der Waals surface area contributed by atoms with E-state index in [2.05, 4.69) is 13.8 Å². The van der Waals surface area contributed by atoms with Crippen LogP contribution >= 0.6 is 0 Å². The molecule has 25 heavy (non-hydrogen) atoms. The Balaban J connectivity index is 1.77. The van der Waals surface area contributed by atoms with Gasteiger partial charge in [0.15, 0.2) is 0 Å². The molecule has 0 saturated heterocycles. The van der Waals surface area contributed by atoms with Crippen molar-refractivity contribution >= 4 is 11.9 Å². The van der Waals surface area contributed by atoms with E-state index in [0.29, 0.717) is 36.2 Å². The summed E-state index contributed by atoms with van der Waals surface area (Å²) in [5.41, 5.74) is 0.137. The summed E-state index contributed by atoms with van der Waals surface area (Å²) in [4.78, 5) is 22.9. The molecule has 0 aromatic heterocycles. The second kappa shape index (κ2) is 7.28. The second-order valence-electron chi connectivity index (χ2n) is 8.87. The molecule has 3 fully saturated rings. The molecular formula is C21H34O4. The lowest BCUT2D eigenvalue weighted by Gasteiger charge is -2.54. The Bertz CT molecular complexity index is 516. The predicted octanol–water partition coefficient (Wildman–Crippen LogP) is 4.36. The van der Waals surface area contributed by atoms with Crippen LogP contribution in [0.3, 0.4) is 0 Å². The third-order valence-electron chi connectivity index (χ3n) is 7.74. The van der Waals surface area contributed by atoms with Gasteiger partial charge in [0.1, 0.15) is 6.10 Å². The summed E-state index contributed by atoms with van der Waals surface area (Å²) in [6.45, 7) is 8.25. The Hall–Kier alpha value is -1.06. The molecule has 4 nitrogen and oxygen atoms in total. The largest absolute Gasteiger partial charge is 0.466 e. The summed E-state index contributed by atoms with van der Waals surface area (Å²) >= 11 is 0. The highest BCUT2D eigenvalue weighted by Crippen LogP contribution is 2.61. The van der Waals surface area contributed by atoms with Gasteiger partial charge in [-0.25, -0.2) is 0 Å². The third-order valence-corrected chi connectivity index (χ3v) is 7.74. The molecule has 3 rings (SSSR count). The first-order chi connectivity index (χ1) is 11.9. The molecule has 0 radical (unpaired) electrons. The van der Waals surface area contributed by atoms with Crippen LogP contribution in [0.15, 0.2) is 0 Å². The van der Waals surface area contributed by atoms with Crippen LogP contribution in [-0.4, -0.2) is 24.6 Å². The van der Waals surface area contributed by atoms with Gasteiger partial charge in [-0.15, -0.1) is 0 Å². The second-order valence-corrected chi connectivity index (χ2v) is 8.87. The fourth-order valence-electron chi connectivity index (χ4n) is 6.56. The fraction of sp³-hybridized carbons (Fsp3) is 0.905. The molecule has 0 spiro atoms. The monoisotopic (exact) mass is 350 g/mol. The first kappa shape index (κ1) is 18.7. The van der Waals surface area contributed by atoms with E-state index in [1.807, 2.05) is 0 Å². The molecule has 142 valence electrons. The summed E-state index contributed by atoms with van der Waals surface area (Å²) < 4.78 is 11.2. The molecule has 0 N–H and O–H groups in total. The maximum atomic E-state index is 11.5. The molecule has 0 heterocycles. The van der Waals surface area contributed by atoms with Gasteiger partial charge in [0.05, 0.1) is 6.61 Å². The van der Waals surface area contributed by atoms with Crippen molar-refractivity contribution in [2.75, 3.05) is 6.61 Å². The average molecular weight is 350 g/mol. The van der Waals surface area contributed by atoms with Crippen LogP contribution in [-0.2, 0) is 19.1 Å². The van der Waals surface area contributed by atoms with Crippen LogP contribution in [0.1, 0.15) is 72.6 Å². The Labute approximate surface area is 152 Å². The van der Waals surface area contributed by atoms with Gasteiger partial charge in [0.25, 0.3) is 0 Å². The molecule has 4 heteroatoms. The maximum absolute atomic E-state index is 11.5. The standard InChI is InChI=1S/C21H34O4/c1-5-15-6-7-17-16(18(15)12-24-13(2)22)10-11-21(4)19(17)8-9-20(21)25-14(3)23/h15-20H,5-12H2,1-4H3/t15-,16+,17-,18+,19+,20+,21+/m1/s1. The third kappa shape index (κ3) is 3.46. The van der Waals surface area contributed by atoms with E-state index in [9.17, 15) is 9.59 Å². The van der Waals surface area contributed by atoms with Crippen molar-refractivity contribution in [3.05, 3.63) is 0 Å². The van der Waals surface area contributed by atoms with Gasteiger partial charge in [-0.1, -0.05) is 20.3 Å². The first-order valence-corrected chi connectivity index (χ1v) is 10.2. The SMILES string of the molecule is CC[C@@H]1CC[C@@H]2[C@H](CC[C@]3(C)[C@@H](OC(C)=O)CC[C@@H]23)[C@H]1COC(C)=O. The predicted molar refractivity (Wildman–Crippen MR) is 95.7 cm³/mol. The Kier molecular flexibility index (Phi) is 5.45. The van der Waals surface area contributed by atoms with Crippen molar-refractivity contribution in [3.63, 3.8) is 0 Å². The zero-order valence-corrected chi connectivity index (χ0v) is 16.3. The summed E-state index contributed by atoms with van der Waals surface area (Å²) in [6.07, 6.45) is 8.28. The van der Waals surface area contributed by atoms with Crippen molar-refractivity contribution in [3.8, 4) is 0 Å². The van der Waals surface area contributed by atoms with Crippen molar-refractivity contribution in [1.29, 1.82) is 0 Å². The van der Waals surface area contributed by atoms with Crippen LogP contribution in [0.4, 0.5) is 0 Å². The number of carbonyl (C=O) groups excluding carboxylic acids is 2. The zero-order chi connectivity index (χ0) is 18.2. The smallest absolute Gasteiger partial charge is 0.302 e. The van der Waals surface area contributed by atoms with Crippen molar-refractivity contribution in [1.82, 2.24) is 0 Å². The molecule has 3 aliphatic rings. The topological polar surface area (TPSA) is 52.6 Å². The highest BCUT2D eigenvalue weighted by Gasteiger charge is 2.57. The Morgan fingerprint density at radius 2 is 1.76 bits per heavy atom. The zero-order valence-electron chi connectivity index (χ0n) is 16.3. The summed E-state index contributed by atoms with van der Waals surface area (Å²) in [6, 6.07) is 0. The molecular weight excluding hydrogens is 316 g/mol. The fourth-order valence-corrected chi connectivity index (χ4v) is 6.56. The number of carbonyl (C=O) groups is 2. The molecule has 0 amide bonds. The summed E-state index contributed by atoms with van der Waals surface area (Å²) in [5, 5.41) is 0. The van der Waals surface area contributed by atoms with E-state index in [-0.39, 0.29) is 23.5 Å². The molecule has 0 aliphatic heterocycles. The van der Waals surface area contributed by atoms with Gasteiger partial charge in [0.2, 0.25) is 0 Å². The van der Waals surface area contributed by atoms with Crippen LogP contribution in [0.5, 0.6) is 0 Å². The number of hydrogen-bond donors (Lipinski definition) is 0. The van der Waals surface area contributed by atoms with Gasteiger partial charge < -0.3 is 9.47 Å². The molecule has 7 atom stereocenters. The normalized spacial score (nSPS) is 43.0. The summed E-state index contributed by atoms with van der Waals surface area (Å²) in [5.74, 6) is 2.88. The van der Waals surface area contributed by atoms with E-state index < -0.39 is 0 Å². The van der Waals surface area contributed by atoms with E-state index in [1.54, 1.807) is 0 Å². The van der Waals surface area contributed by atoms with Gasteiger partial charge in [-0.05, 0) is 68.1 Å². The van der Waals surface area contributed by atoms with Crippen molar-refractivity contribution < 1.29 is 19.1 Å². The van der Waals surface area contributed by atoms with E-state index >= 15 is 0 Å². The Morgan fingerprint density at radius 1 is 1.00 bits per heavy atom. The number of rotatable bonds is 4. The summed E-state index contributed by atoms with van der Waals surface area (Å²) in [7, 11) is 0. The molecule has 3 saturated carbocycles. The minimum atomic E-state index is -0.159. The number of hydrogen-bond acceptors (Lipinski definition) is 4. The van der Waals surface area contributed by atoms with Crippen molar-refractivity contribution in [2.24, 2.45) is 35.0 Å². The average Bonchev–Trinajstić information content (AvgIpc) is 2.88. The minimum absolute atomic E-state index is 0.0896. The highest BCUT2D eigenvalue weighted by molar-refractivity contribution is 5.66. The van der Waals surface area contributed by atoms with E-state index in [4.69, 9.17) is 9.47 Å². The number of ether oxygens (including phenoxy) is 2. The molecule has 0 unspecified atom stereocenters. The lowest BCUT2D eigenvalue weighted by molar-refractivity contribution is -0.158. The number of fused-ring (bicyclic) bond motifs is 3. The first-order valence-electron chi connectivity index (χ1n) is 10.2. The van der Waals surface area contributed by atoms with Crippen LogP contribution < -0.4 is 0 Å². The van der Waals surface area contributed by atoms with Crippen LogP contribution in [0, 0.1) is 35.0 Å². The number of esters is 2. The molecule has 0 bridgehead atoms. The molecule has 0 aromatic carbocycles. The lowest BCUT2D eigenvalue weighted by Crippen LogP contribution is -2.50. The van der Waals surface area contributed by atoms with E-state index in [0.717, 1.165) is 12.8 Å². The Morgan fingerprint density at radius 3 is 2.40 bits per heavy atom. The minimum Gasteiger partial charge on any atom is -0.466 e. The van der Waals surface area contributed by atoms with Crippen LogP contribution in [0.25, 0.3) is 0 Å². The van der Waals surface area contributed by atoms with Crippen molar-refractivity contribution in [2.45, 2.75) is 78.7 Å². The van der Waals surface area contributed by atoms with Gasteiger partial charge in [0, 0.05) is 19.3 Å². The van der Waals surface area contributed by atoms with Gasteiger partial charge >= 0.3 is 11.9 Å². The lowest BCUT2D eigenvalue weighted by atomic mass is 9.52. The van der Waals surface area contributed by atoms with Gasteiger partial charge in [-0.2, -0.15) is 0 Å². The molecule has 3 aliphatic carbocycles. The van der Waals surface area contributed by atoms with E-state index in [1.165, 1.54) is 46.0 Å².